The first-order chi connectivity index (χ1) is 18.7. The van der Waals surface area contributed by atoms with Gasteiger partial charge in [-0.15, -0.1) is 0 Å². The zero-order chi connectivity index (χ0) is 27.8. The van der Waals surface area contributed by atoms with Crippen LogP contribution in [0.25, 0.3) is 0 Å². The average Bonchev–Trinajstić information content (AvgIpc) is 2.93. The molecular formula is C29H25ClFN3O4S. The van der Waals surface area contributed by atoms with E-state index in [1.165, 1.54) is 36.5 Å². The van der Waals surface area contributed by atoms with Gasteiger partial charge >= 0.3 is 0 Å². The Morgan fingerprint density at radius 3 is 2.31 bits per heavy atom. The van der Waals surface area contributed by atoms with Crippen molar-refractivity contribution in [3.05, 3.63) is 125 Å². The summed E-state index contributed by atoms with van der Waals surface area (Å²) < 4.78 is 47.7. The number of hydrogen-bond donors (Lipinski definition) is 1. The molecule has 0 saturated carbocycles. The second-order valence-electron chi connectivity index (χ2n) is 8.55. The number of anilines is 1. The van der Waals surface area contributed by atoms with E-state index in [2.05, 4.69) is 10.5 Å². The lowest BCUT2D eigenvalue weighted by atomic mass is 10.2. The first-order valence-corrected chi connectivity index (χ1v) is 13.7. The molecule has 7 nitrogen and oxygen atoms in total. The molecule has 0 saturated heterocycles. The van der Waals surface area contributed by atoms with E-state index in [1.807, 2.05) is 19.1 Å². The first kappa shape index (κ1) is 27.8. The van der Waals surface area contributed by atoms with Crippen molar-refractivity contribution in [1.82, 2.24) is 5.43 Å². The third-order valence-electron chi connectivity index (χ3n) is 5.62. The molecular weight excluding hydrogens is 541 g/mol. The summed E-state index contributed by atoms with van der Waals surface area (Å²) in [6.07, 6.45) is 1.41. The van der Waals surface area contributed by atoms with Gasteiger partial charge in [0.2, 0.25) is 0 Å². The van der Waals surface area contributed by atoms with E-state index in [4.69, 9.17) is 16.3 Å². The Morgan fingerprint density at radius 1 is 0.974 bits per heavy atom. The monoisotopic (exact) mass is 565 g/mol. The lowest BCUT2D eigenvalue weighted by molar-refractivity contribution is -0.119. The molecule has 0 aliphatic heterocycles. The van der Waals surface area contributed by atoms with Crippen LogP contribution in [0.3, 0.4) is 0 Å². The fourth-order valence-electron chi connectivity index (χ4n) is 3.53. The van der Waals surface area contributed by atoms with Crippen molar-refractivity contribution >= 4 is 39.4 Å². The minimum Gasteiger partial charge on any atom is -0.489 e. The summed E-state index contributed by atoms with van der Waals surface area (Å²) in [6.45, 7) is 1.52. The molecule has 4 aromatic rings. The molecule has 1 N–H and O–H groups in total. The molecule has 0 aromatic heterocycles. The van der Waals surface area contributed by atoms with Crippen LogP contribution >= 0.6 is 11.6 Å². The fourth-order valence-corrected chi connectivity index (χ4v) is 5.09. The van der Waals surface area contributed by atoms with Crippen molar-refractivity contribution in [2.45, 2.75) is 18.4 Å². The number of sulfonamides is 1. The van der Waals surface area contributed by atoms with Crippen molar-refractivity contribution in [3.8, 4) is 5.75 Å². The third kappa shape index (κ3) is 7.43. The fraction of sp³-hybridized carbons (Fsp3) is 0.103. The van der Waals surface area contributed by atoms with E-state index in [9.17, 15) is 17.6 Å². The molecule has 0 fully saturated rings. The van der Waals surface area contributed by atoms with Crippen LogP contribution in [0.15, 0.2) is 107 Å². The minimum absolute atomic E-state index is 0.0639. The van der Waals surface area contributed by atoms with Crippen LogP contribution in [0.2, 0.25) is 5.02 Å². The smallest absolute Gasteiger partial charge is 0.264 e. The number of benzene rings is 4. The summed E-state index contributed by atoms with van der Waals surface area (Å²) in [4.78, 5) is 12.6. The number of para-hydroxylation sites is 1. The number of hydrazone groups is 1. The molecule has 0 heterocycles. The van der Waals surface area contributed by atoms with Gasteiger partial charge in [-0.05, 0) is 78.7 Å². The Labute approximate surface area is 231 Å². The number of ether oxygens (including phenoxy) is 1. The Kier molecular flexibility index (Phi) is 8.96. The van der Waals surface area contributed by atoms with Crippen LogP contribution in [0.4, 0.5) is 10.1 Å². The van der Waals surface area contributed by atoms with Crippen LogP contribution in [0.5, 0.6) is 5.75 Å². The van der Waals surface area contributed by atoms with Gasteiger partial charge in [0.25, 0.3) is 15.9 Å². The number of aryl methyl sites for hydroxylation is 1. The Morgan fingerprint density at radius 2 is 1.64 bits per heavy atom. The summed E-state index contributed by atoms with van der Waals surface area (Å²) in [5.41, 5.74) is 4.57. The van der Waals surface area contributed by atoms with Gasteiger partial charge in [0.15, 0.2) is 0 Å². The summed E-state index contributed by atoms with van der Waals surface area (Å²) in [7, 11) is -4.24. The molecule has 4 aromatic carbocycles. The molecule has 0 aliphatic carbocycles. The molecule has 4 rings (SSSR count). The molecule has 200 valence electrons. The standard InChI is InChI=1S/C29H25ClFN3O4S/c1-21-6-16-26(17-7-21)39(36,37)34(28-5-3-2-4-27(28)31)19-29(35)33-32-18-22-10-14-25(15-11-22)38-20-23-8-12-24(30)13-9-23/h2-18H,19-20H2,1H3,(H,33,35)/b32-18-. The van der Waals surface area contributed by atoms with Crippen LogP contribution < -0.4 is 14.5 Å². The van der Waals surface area contributed by atoms with Gasteiger partial charge in [-0.25, -0.2) is 18.2 Å². The van der Waals surface area contributed by atoms with Crippen molar-refractivity contribution in [3.63, 3.8) is 0 Å². The summed E-state index contributed by atoms with van der Waals surface area (Å²) in [5, 5.41) is 4.57. The molecule has 1 amide bonds. The zero-order valence-electron chi connectivity index (χ0n) is 20.9. The highest BCUT2D eigenvalue weighted by Gasteiger charge is 2.29. The predicted molar refractivity (Wildman–Crippen MR) is 150 cm³/mol. The lowest BCUT2D eigenvalue weighted by Gasteiger charge is -2.24. The molecule has 0 spiro atoms. The summed E-state index contributed by atoms with van der Waals surface area (Å²) >= 11 is 5.89. The van der Waals surface area contributed by atoms with Crippen molar-refractivity contribution < 1.29 is 22.3 Å². The molecule has 0 radical (unpaired) electrons. The second kappa shape index (κ2) is 12.6. The van der Waals surface area contributed by atoms with Gasteiger partial charge in [-0.1, -0.05) is 53.6 Å². The molecule has 10 heteroatoms. The van der Waals surface area contributed by atoms with Gasteiger partial charge in [0, 0.05) is 5.02 Å². The number of halogens is 2. The minimum atomic E-state index is -4.24. The lowest BCUT2D eigenvalue weighted by Crippen LogP contribution is -2.40. The maximum absolute atomic E-state index is 14.6. The topological polar surface area (TPSA) is 88.1 Å². The molecule has 39 heavy (non-hydrogen) atoms. The molecule has 0 bridgehead atoms. The molecule has 0 unspecified atom stereocenters. The number of carbonyl (C=O) groups is 1. The number of rotatable bonds is 10. The normalized spacial score (nSPS) is 11.4. The highest BCUT2D eigenvalue weighted by molar-refractivity contribution is 7.92. The van der Waals surface area contributed by atoms with E-state index in [0.29, 0.717) is 22.9 Å². The highest BCUT2D eigenvalue weighted by Crippen LogP contribution is 2.26. The van der Waals surface area contributed by atoms with E-state index >= 15 is 0 Å². The molecule has 0 atom stereocenters. The maximum Gasteiger partial charge on any atom is 0.264 e. The van der Waals surface area contributed by atoms with Gasteiger partial charge in [-0.3, -0.25) is 9.10 Å². The van der Waals surface area contributed by atoms with Crippen LogP contribution in [0.1, 0.15) is 16.7 Å². The van der Waals surface area contributed by atoms with Gasteiger partial charge in [0.1, 0.15) is 24.7 Å². The highest BCUT2D eigenvalue weighted by atomic mass is 35.5. The number of carbonyl (C=O) groups excluding carboxylic acids is 1. The van der Waals surface area contributed by atoms with Crippen LogP contribution in [0, 0.1) is 12.7 Å². The SMILES string of the molecule is Cc1ccc(S(=O)(=O)N(CC(=O)N/N=C\c2ccc(OCc3ccc(Cl)cc3)cc2)c2ccccc2F)cc1. The van der Waals surface area contributed by atoms with Gasteiger partial charge in [-0.2, -0.15) is 5.10 Å². The quantitative estimate of drug-likeness (QED) is 0.197. The van der Waals surface area contributed by atoms with Gasteiger partial charge in [0.05, 0.1) is 16.8 Å². The van der Waals surface area contributed by atoms with E-state index in [1.54, 1.807) is 48.5 Å². The van der Waals surface area contributed by atoms with E-state index in [-0.39, 0.29) is 10.6 Å². The number of hydrogen-bond acceptors (Lipinski definition) is 5. The second-order valence-corrected chi connectivity index (χ2v) is 10.9. The van der Waals surface area contributed by atoms with Crippen LogP contribution in [-0.2, 0) is 21.4 Å². The van der Waals surface area contributed by atoms with Crippen molar-refractivity contribution in [2.75, 3.05) is 10.8 Å². The van der Waals surface area contributed by atoms with Gasteiger partial charge < -0.3 is 4.74 Å². The van der Waals surface area contributed by atoms with E-state index < -0.39 is 28.3 Å². The Balaban J connectivity index is 1.41. The molecule has 0 aliphatic rings. The zero-order valence-corrected chi connectivity index (χ0v) is 22.5. The summed E-state index contributed by atoms with van der Waals surface area (Å²) in [6, 6.07) is 25.8. The van der Waals surface area contributed by atoms with Crippen molar-refractivity contribution in [1.29, 1.82) is 0 Å². The number of nitrogens with one attached hydrogen (secondary N) is 1. The van der Waals surface area contributed by atoms with Crippen molar-refractivity contribution in [2.24, 2.45) is 5.10 Å². The maximum atomic E-state index is 14.6. The Bertz CT molecular complexity index is 1560. The Hall–Kier alpha value is -4.21. The summed E-state index contributed by atoms with van der Waals surface area (Å²) in [5.74, 6) is -0.871. The third-order valence-corrected chi connectivity index (χ3v) is 7.65. The van der Waals surface area contributed by atoms with Crippen LogP contribution in [-0.4, -0.2) is 27.1 Å². The number of nitrogens with zero attached hydrogens (tertiary/aromatic N) is 2. The number of amides is 1. The first-order valence-electron chi connectivity index (χ1n) is 11.9. The van der Waals surface area contributed by atoms with E-state index in [0.717, 1.165) is 21.5 Å². The largest absolute Gasteiger partial charge is 0.489 e. The average molecular weight is 566 g/mol. The predicted octanol–water partition coefficient (Wildman–Crippen LogP) is 5.71.